The van der Waals surface area contributed by atoms with Crippen LogP contribution in [0.1, 0.15) is 23.1 Å². The zero-order valence-corrected chi connectivity index (χ0v) is 12.8. The lowest BCUT2D eigenvalue weighted by Gasteiger charge is -2.18. The summed E-state index contributed by atoms with van der Waals surface area (Å²) in [6.07, 6.45) is 3.48. The number of pyridine rings is 1. The molecule has 4 rings (SSSR count). The van der Waals surface area contributed by atoms with Gasteiger partial charge in [-0.1, -0.05) is 24.3 Å². The van der Waals surface area contributed by atoms with Gasteiger partial charge in [-0.05, 0) is 37.3 Å². The summed E-state index contributed by atoms with van der Waals surface area (Å²) in [5, 5.41) is 4.68. The molecule has 4 aromatic rings. The molecule has 2 N–H and O–H groups in total. The van der Waals surface area contributed by atoms with Crippen molar-refractivity contribution in [1.82, 2.24) is 9.97 Å². The van der Waals surface area contributed by atoms with Gasteiger partial charge in [-0.25, -0.2) is 4.98 Å². The van der Waals surface area contributed by atoms with Gasteiger partial charge in [-0.3, -0.25) is 0 Å². The summed E-state index contributed by atoms with van der Waals surface area (Å²) >= 11 is 0. The molecule has 0 spiro atoms. The summed E-state index contributed by atoms with van der Waals surface area (Å²) in [7, 11) is 0. The van der Waals surface area contributed by atoms with Gasteiger partial charge in [0.1, 0.15) is 17.6 Å². The molecule has 114 valence electrons. The Balaban J connectivity index is 1.86. The number of H-pyrrole nitrogens is 1. The number of aryl methyl sites for hydroxylation is 1. The SMILES string of the molecule is Cc1[nH]c2ccccc2c1C(Nc1ccccn1)c1ccco1. The highest BCUT2D eigenvalue weighted by molar-refractivity contribution is 5.86. The zero-order valence-electron chi connectivity index (χ0n) is 12.8. The van der Waals surface area contributed by atoms with Crippen molar-refractivity contribution < 1.29 is 4.42 Å². The molecule has 0 fully saturated rings. The van der Waals surface area contributed by atoms with Gasteiger partial charge in [0.25, 0.3) is 0 Å². The summed E-state index contributed by atoms with van der Waals surface area (Å²) in [6.45, 7) is 2.09. The van der Waals surface area contributed by atoms with Crippen LogP contribution in [0.3, 0.4) is 0 Å². The van der Waals surface area contributed by atoms with Crippen molar-refractivity contribution in [3.63, 3.8) is 0 Å². The largest absolute Gasteiger partial charge is 0.467 e. The predicted molar refractivity (Wildman–Crippen MR) is 91.4 cm³/mol. The van der Waals surface area contributed by atoms with Gasteiger partial charge in [0.05, 0.1) is 6.26 Å². The molecular weight excluding hydrogens is 286 g/mol. The molecule has 0 aliphatic heterocycles. The first-order valence-electron chi connectivity index (χ1n) is 7.61. The van der Waals surface area contributed by atoms with Crippen LogP contribution < -0.4 is 5.32 Å². The number of aromatic nitrogens is 2. The summed E-state index contributed by atoms with van der Waals surface area (Å²) < 4.78 is 5.69. The third kappa shape index (κ3) is 2.48. The van der Waals surface area contributed by atoms with E-state index in [0.29, 0.717) is 0 Å². The minimum atomic E-state index is -0.101. The lowest BCUT2D eigenvalue weighted by Crippen LogP contribution is -2.13. The van der Waals surface area contributed by atoms with Crippen LogP contribution in [-0.2, 0) is 0 Å². The maximum atomic E-state index is 5.69. The number of fused-ring (bicyclic) bond motifs is 1. The second-order valence-corrected chi connectivity index (χ2v) is 5.52. The molecule has 0 radical (unpaired) electrons. The van der Waals surface area contributed by atoms with E-state index in [1.807, 2.05) is 36.4 Å². The number of rotatable bonds is 4. The number of hydrogen-bond donors (Lipinski definition) is 2. The molecule has 23 heavy (non-hydrogen) atoms. The van der Waals surface area contributed by atoms with Crippen molar-refractivity contribution in [2.45, 2.75) is 13.0 Å². The average molecular weight is 303 g/mol. The van der Waals surface area contributed by atoms with Gasteiger partial charge in [0.15, 0.2) is 0 Å². The average Bonchev–Trinajstić information content (AvgIpc) is 3.21. The van der Waals surface area contributed by atoms with E-state index >= 15 is 0 Å². The number of anilines is 1. The molecule has 0 amide bonds. The molecule has 3 aromatic heterocycles. The minimum Gasteiger partial charge on any atom is -0.467 e. The fourth-order valence-electron chi connectivity index (χ4n) is 3.01. The van der Waals surface area contributed by atoms with Crippen molar-refractivity contribution in [2.24, 2.45) is 0 Å². The van der Waals surface area contributed by atoms with Crippen LogP contribution in [0, 0.1) is 6.92 Å². The zero-order chi connectivity index (χ0) is 15.6. The van der Waals surface area contributed by atoms with E-state index in [9.17, 15) is 0 Å². The Labute approximate surface area is 134 Å². The highest BCUT2D eigenvalue weighted by Crippen LogP contribution is 2.34. The fraction of sp³-hybridized carbons (Fsp3) is 0.105. The lowest BCUT2D eigenvalue weighted by molar-refractivity contribution is 0.499. The molecule has 1 aromatic carbocycles. The fourth-order valence-corrected chi connectivity index (χ4v) is 3.01. The van der Waals surface area contributed by atoms with Crippen LogP contribution in [0.5, 0.6) is 0 Å². The summed E-state index contributed by atoms with van der Waals surface area (Å²) in [5.74, 6) is 1.68. The van der Waals surface area contributed by atoms with E-state index in [2.05, 4.69) is 40.4 Å². The molecule has 0 aliphatic rings. The van der Waals surface area contributed by atoms with E-state index in [1.165, 1.54) is 10.9 Å². The third-order valence-corrected chi connectivity index (χ3v) is 4.02. The Morgan fingerprint density at radius 3 is 2.70 bits per heavy atom. The minimum absolute atomic E-state index is 0.101. The Morgan fingerprint density at radius 1 is 1.04 bits per heavy atom. The number of para-hydroxylation sites is 1. The molecule has 1 unspecified atom stereocenters. The molecule has 0 aliphatic carbocycles. The predicted octanol–water partition coefficient (Wildman–Crippen LogP) is 4.67. The standard InChI is InChI=1S/C19H17N3O/c1-13-18(14-7-2-3-8-15(14)21-13)19(16-9-6-12-23-16)22-17-10-4-5-11-20-17/h2-12,19,21H,1H3,(H,20,22). The van der Waals surface area contributed by atoms with Crippen LogP contribution in [0.25, 0.3) is 10.9 Å². The normalized spacial score (nSPS) is 12.4. The molecule has 0 saturated heterocycles. The van der Waals surface area contributed by atoms with Crippen LogP contribution >= 0.6 is 0 Å². The maximum Gasteiger partial charge on any atom is 0.130 e. The number of nitrogens with zero attached hydrogens (tertiary/aromatic N) is 1. The van der Waals surface area contributed by atoms with E-state index in [0.717, 1.165) is 22.8 Å². The number of furan rings is 1. The van der Waals surface area contributed by atoms with Gasteiger partial charge in [-0.15, -0.1) is 0 Å². The Kier molecular flexibility index (Phi) is 3.35. The number of nitrogens with one attached hydrogen (secondary N) is 2. The molecule has 1 atom stereocenters. The number of benzene rings is 1. The Morgan fingerprint density at radius 2 is 1.91 bits per heavy atom. The lowest BCUT2D eigenvalue weighted by atomic mass is 10.0. The van der Waals surface area contributed by atoms with Crippen molar-refractivity contribution >= 4 is 16.7 Å². The quantitative estimate of drug-likeness (QED) is 0.576. The Hall–Kier alpha value is -3.01. The second-order valence-electron chi connectivity index (χ2n) is 5.52. The van der Waals surface area contributed by atoms with Gasteiger partial charge in [-0.2, -0.15) is 0 Å². The number of aromatic amines is 1. The highest BCUT2D eigenvalue weighted by Gasteiger charge is 2.23. The van der Waals surface area contributed by atoms with Gasteiger partial charge in [0, 0.05) is 28.4 Å². The van der Waals surface area contributed by atoms with Crippen LogP contribution in [0.15, 0.2) is 71.5 Å². The Bertz CT molecular complexity index is 910. The smallest absolute Gasteiger partial charge is 0.130 e. The molecule has 3 heterocycles. The molecule has 4 nitrogen and oxygen atoms in total. The van der Waals surface area contributed by atoms with Crippen LogP contribution in [-0.4, -0.2) is 9.97 Å². The molecule has 4 heteroatoms. The first-order chi connectivity index (χ1) is 11.3. The second kappa shape index (κ2) is 5.65. The van der Waals surface area contributed by atoms with Crippen LogP contribution in [0.2, 0.25) is 0 Å². The molecule has 0 saturated carbocycles. The van der Waals surface area contributed by atoms with Crippen LogP contribution in [0.4, 0.5) is 5.82 Å². The first-order valence-corrected chi connectivity index (χ1v) is 7.61. The monoisotopic (exact) mass is 303 g/mol. The van der Waals surface area contributed by atoms with Gasteiger partial charge >= 0.3 is 0 Å². The van der Waals surface area contributed by atoms with Crippen molar-refractivity contribution in [3.8, 4) is 0 Å². The van der Waals surface area contributed by atoms with Crippen molar-refractivity contribution in [1.29, 1.82) is 0 Å². The van der Waals surface area contributed by atoms with E-state index in [1.54, 1.807) is 12.5 Å². The van der Waals surface area contributed by atoms with Gasteiger partial charge < -0.3 is 14.7 Å². The summed E-state index contributed by atoms with van der Waals surface area (Å²) in [6, 6.07) is 17.9. The third-order valence-electron chi connectivity index (χ3n) is 4.02. The van der Waals surface area contributed by atoms with Crippen molar-refractivity contribution in [3.05, 3.63) is 84.1 Å². The van der Waals surface area contributed by atoms with Gasteiger partial charge in [0.2, 0.25) is 0 Å². The van der Waals surface area contributed by atoms with Crippen molar-refractivity contribution in [2.75, 3.05) is 5.32 Å². The maximum absolute atomic E-state index is 5.69. The highest BCUT2D eigenvalue weighted by atomic mass is 16.3. The molecule has 0 bridgehead atoms. The summed E-state index contributed by atoms with van der Waals surface area (Å²) in [5.41, 5.74) is 3.43. The summed E-state index contributed by atoms with van der Waals surface area (Å²) in [4.78, 5) is 7.84. The van der Waals surface area contributed by atoms with E-state index < -0.39 is 0 Å². The topological polar surface area (TPSA) is 53.9 Å². The van der Waals surface area contributed by atoms with E-state index in [4.69, 9.17) is 4.42 Å². The molecular formula is C19H17N3O. The first kappa shape index (κ1) is 13.6. The van der Waals surface area contributed by atoms with E-state index in [-0.39, 0.29) is 6.04 Å². The number of hydrogen-bond acceptors (Lipinski definition) is 3.